The molecule has 0 fully saturated rings. The second-order valence-electron chi connectivity index (χ2n) is 4.92. The molecule has 2 rings (SSSR count). The highest BCUT2D eigenvalue weighted by Crippen LogP contribution is 2.18. The fraction of sp³-hybridized carbons (Fsp3) is 0.235. The van der Waals surface area contributed by atoms with Crippen LogP contribution in [0.15, 0.2) is 48.5 Å². The van der Waals surface area contributed by atoms with Crippen LogP contribution in [0, 0.1) is 6.92 Å². The van der Waals surface area contributed by atoms with Crippen LogP contribution < -0.4 is 11.1 Å². The van der Waals surface area contributed by atoms with Crippen LogP contribution in [-0.2, 0) is 0 Å². The van der Waals surface area contributed by atoms with Gasteiger partial charge in [-0.05, 0) is 36.6 Å². The summed E-state index contributed by atoms with van der Waals surface area (Å²) in [5.74, 6) is -0.0904. The van der Waals surface area contributed by atoms with E-state index in [4.69, 9.17) is 5.73 Å². The largest absolute Gasteiger partial charge is 0.398 e. The van der Waals surface area contributed by atoms with Crippen LogP contribution in [0.2, 0.25) is 0 Å². The molecule has 0 radical (unpaired) electrons. The maximum atomic E-state index is 12.3. The molecule has 2 aromatic rings. The van der Waals surface area contributed by atoms with Crippen molar-refractivity contribution in [2.45, 2.75) is 26.3 Å². The van der Waals surface area contributed by atoms with Gasteiger partial charge in [0.05, 0.1) is 6.04 Å². The van der Waals surface area contributed by atoms with E-state index >= 15 is 0 Å². The van der Waals surface area contributed by atoms with Crippen LogP contribution in [0.5, 0.6) is 0 Å². The highest BCUT2D eigenvalue weighted by molar-refractivity contribution is 5.95. The number of hydrogen-bond donors (Lipinski definition) is 2. The van der Waals surface area contributed by atoms with Gasteiger partial charge in [-0.2, -0.15) is 0 Å². The van der Waals surface area contributed by atoms with Crippen LogP contribution in [0.25, 0.3) is 0 Å². The molecule has 0 spiro atoms. The number of rotatable bonds is 4. The highest BCUT2D eigenvalue weighted by Gasteiger charge is 2.14. The molecule has 0 heterocycles. The minimum Gasteiger partial charge on any atom is -0.398 e. The Bertz CT molecular complexity index is 593. The molecule has 20 heavy (non-hydrogen) atoms. The molecule has 0 aliphatic carbocycles. The summed E-state index contributed by atoms with van der Waals surface area (Å²) in [6.07, 6.45) is 0.844. The van der Waals surface area contributed by atoms with Gasteiger partial charge in [-0.15, -0.1) is 0 Å². The summed E-state index contributed by atoms with van der Waals surface area (Å²) in [5.41, 5.74) is 9.19. The molecule has 3 heteroatoms. The number of hydrogen-bond acceptors (Lipinski definition) is 2. The Morgan fingerprint density at radius 2 is 1.90 bits per heavy atom. The van der Waals surface area contributed by atoms with E-state index in [9.17, 15) is 4.79 Å². The first-order chi connectivity index (χ1) is 9.61. The standard InChI is InChI=1S/C17H20N2O/c1-3-16(13-7-5-4-6-8-13)19-17(20)14-10-9-12(2)15(18)11-14/h4-11,16H,3,18H2,1-2H3,(H,19,20). The van der Waals surface area contributed by atoms with Crippen LogP contribution >= 0.6 is 0 Å². The third kappa shape index (κ3) is 3.18. The van der Waals surface area contributed by atoms with E-state index in [2.05, 4.69) is 12.2 Å². The maximum absolute atomic E-state index is 12.3. The van der Waals surface area contributed by atoms with E-state index in [0.717, 1.165) is 17.5 Å². The molecule has 0 bridgehead atoms. The molecule has 1 unspecified atom stereocenters. The summed E-state index contributed by atoms with van der Waals surface area (Å²) < 4.78 is 0. The van der Waals surface area contributed by atoms with Gasteiger partial charge in [0, 0.05) is 11.3 Å². The van der Waals surface area contributed by atoms with Gasteiger partial charge in [0.15, 0.2) is 0 Å². The number of anilines is 1. The molecule has 1 atom stereocenters. The van der Waals surface area contributed by atoms with Gasteiger partial charge in [0.2, 0.25) is 0 Å². The van der Waals surface area contributed by atoms with Gasteiger partial charge in [-0.1, -0.05) is 43.3 Å². The Kier molecular flexibility index (Phi) is 4.41. The van der Waals surface area contributed by atoms with E-state index in [0.29, 0.717) is 11.3 Å². The van der Waals surface area contributed by atoms with E-state index in [1.54, 1.807) is 12.1 Å². The molecular formula is C17H20N2O. The second kappa shape index (κ2) is 6.24. The number of nitrogens with one attached hydrogen (secondary N) is 1. The normalized spacial score (nSPS) is 11.9. The molecule has 2 aromatic carbocycles. The van der Waals surface area contributed by atoms with Crippen LogP contribution in [-0.4, -0.2) is 5.91 Å². The lowest BCUT2D eigenvalue weighted by atomic mass is 10.0. The van der Waals surface area contributed by atoms with Crippen molar-refractivity contribution in [3.05, 3.63) is 65.2 Å². The fourth-order valence-electron chi connectivity index (χ4n) is 2.13. The van der Waals surface area contributed by atoms with Crippen LogP contribution in [0.4, 0.5) is 5.69 Å². The molecule has 0 aliphatic rings. The lowest BCUT2D eigenvalue weighted by molar-refractivity contribution is 0.0935. The number of aryl methyl sites for hydroxylation is 1. The van der Waals surface area contributed by atoms with Crippen molar-refractivity contribution in [1.29, 1.82) is 0 Å². The number of carbonyl (C=O) groups is 1. The number of nitrogen functional groups attached to an aromatic ring is 1. The predicted molar refractivity (Wildman–Crippen MR) is 82.5 cm³/mol. The molecule has 0 saturated heterocycles. The summed E-state index contributed by atoms with van der Waals surface area (Å²) in [4.78, 5) is 12.3. The zero-order valence-electron chi connectivity index (χ0n) is 11.9. The van der Waals surface area contributed by atoms with Gasteiger partial charge in [0.1, 0.15) is 0 Å². The Labute approximate surface area is 119 Å². The topological polar surface area (TPSA) is 55.1 Å². The van der Waals surface area contributed by atoms with Gasteiger partial charge in [-0.25, -0.2) is 0 Å². The zero-order valence-corrected chi connectivity index (χ0v) is 11.9. The average Bonchev–Trinajstić information content (AvgIpc) is 2.48. The van der Waals surface area contributed by atoms with Crippen molar-refractivity contribution >= 4 is 11.6 Å². The third-order valence-corrected chi connectivity index (χ3v) is 3.46. The predicted octanol–water partition coefficient (Wildman–Crippen LogP) is 3.46. The lowest BCUT2D eigenvalue weighted by Crippen LogP contribution is -2.28. The zero-order chi connectivity index (χ0) is 14.5. The first kappa shape index (κ1) is 14.1. The smallest absolute Gasteiger partial charge is 0.251 e. The van der Waals surface area contributed by atoms with Gasteiger partial charge < -0.3 is 11.1 Å². The molecule has 104 valence electrons. The Morgan fingerprint density at radius 3 is 2.50 bits per heavy atom. The van der Waals surface area contributed by atoms with Crippen molar-refractivity contribution in [1.82, 2.24) is 5.32 Å². The summed E-state index contributed by atoms with van der Waals surface area (Å²) in [6, 6.07) is 15.4. The number of benzene rings is 2. The van der Waals surface area contributed by atoms with Crippen LogP contribution in [0.3, 0.4) is 0 Å². The summed E-state index contributed by atoms with van der Waals surface area (Å²) in [7, 11) is 0. The maximum Gasteiger partial charge on any atom is 0.251 e. The number of amides is 1. The van der Waals surface area contributed by atoms with Crippen molar-refractivity contribution in [2.75, 3.05) is 5.73 Å². The first-order valence-corrected chi connectivity index (χ1v) is 6.83. The molecule has 3 N–H and O–H groups in total. The van der Waals surface area contributed by atoms with Crippen molar-refractivity contribution < 1.29 is 4.79 Å². The summed E-state index contributed by atoms with van der Waals surface area (Å²) in [5, 5.41) is 3.05. The molecule has 0 saturated carbocycles. The highest BCUT2D eigenvalue weighted by atomic mass is 16.1. The Balaban J connectivity index is 2.15. The van der Waals surface area contributed by atoms with E-state index in [1.807, 2.05) is 43.3 Å². The minimum absolute atomic E-state index is 0.0197. The lowest BCUT2D eigenvalue weighted by Gasteiger charge is -2.17. The molecule has 3 nitrogen and oxygen atoms in total. The van der Waals surface area contributed by atoms with Crippen molar-refractivity contribution in [3.8, 4) is 0 Å². The number of carbonyl (C=O) groups excluding carboxylic acids is 1. The Hall–Kier alpha value is -2.29. The summed E-state index contributed by atoms with van der Waals surface area (Å²) in [6.45, 7) is 3.98. The monoisotopic (exact) mass is 268 g/mol. The first-order valence-electron chi connectivity index (χ1n) is 6.83. The quantitative estimate of drug-likeness (QED) is 0.834. The van der Waals surface area contributed by atoms with Crippen molar-refractivity contribution in [3.63, 3.8) is 0 Å². The third-order valence-electron chi connectivity index (χ3n) is 3.46. The van der Waals surface area contributed by atoms with E-state index < -0.39 is 0 Å². The van der Waals surface area contributed by atoms with Gasteiger partial charge in [0.25, 0.3) is 5.91 Å². The molecular weight excluding hydrogens is 248 g/mol. The van der Waals surface area contributed by atoms with Gasteiger partial charge in [-0.3, -0.25) is 4.79 Å². The second-order valence-corrected chi connectivity index (χ2v) is 4.92. The SMILES string of the molecule is CCC(NC(=O)c1ccc(C)c(N)c1)c1ccccc1. The van der Waals surface area contributed by atoms with Crippen LogP contribution in [0.1, 0.15) is 40.9 Å². The average molecular weight is 268 g/mol. The number of nitrogens with two attached hydrogens (primary N) is 1. The summed E-state index contributed by atoms with van der Waals surface area (Å²) >= 11 is 0. The molecule has 1 amide bonds. The Morgan fingerprint density at radius 1 is 1.20 bits per heavy atom. The fourth-order valence-corrected chi connectivity index (χ4v) is 2.13. The van der Waals surface area contributed by atoms with E-state index in [-0.39, 0.29) is 11.9 Å². The minimum atomic E-state index is -0.0904. The van der Waals surface area contributed by atoms with Crippen molar-refractivity contribution in [2.24, 2.45) is 0 Å². The van der Waals surface area contributed by atoms with E-state index in [1.165, 1.54) is 0 Å². The molecule has 0 aromatic heterocycles. The molecule has 0 aliphatic heterocycles. The van der Waals surface area contributed by atoms with Gasteiger partial charge >= 0.3 is 0 Å².